The molecular weight excluding hydrogens is 424 g/mol. The van der Waals surface area contributed by atoms with Gasteiger partial charge in [-0.05, 0) is 47.4 Å². The predicted molar refractivity (Wildman–Crippen MR) is 114 cm³/mol. The number of hydrogen-bond donors (Lipinski definition) is 2. The van der Waals surface area contributed by atoms with Gasteiger partial charge in [0.05, 0.1) is 28.6 Å². The lowest BCUT2D eigenvalue weighted by molar-refractivity contribution is -0.116. The third-order valence-corrected chi connectivity index (χ3v) is 5.35. The maximum absolute atomic E-state index is 15.0. The summed E-state index contributed by atoms with van der Waals surface area (Å²) in [5.41, 5.74) is 2.88. The van der Waals surface area contributed by atoms with Crippen molar-refractivity contribution >= 4 is 46.3 Å². The highest BCUT2D eigenvalue weighted by Crippen LogP contribution is 2.26. The van der Waals surface area contributed by atoms with Crippen molar-refractivity contribution < 1.29 is 23.5 Å². The highest BCUT2D eigenvalue weighted by Gasteiger charge is 2.20. The van der Waals surface area contributed by atoms with Gasteiger partial charge in [0.1, 0.15) is 11.6 Å². The largest absolute Gasteiger partial charge is 0.478 e. The van der Waals surface area contributed by atoms with Crippen LogP contribution in [0.25, 0.3) is 23.1 Å². The van der Waals surface area contributed by atoms with Crippen LogP contribution in [-0.2, 0) is 11.2 Å². The van der Waals surface area contributed by atoms with E-state index in [0.717, 1.165) is 15.7 Å². The summed E-state index contributed by atoms with van der Waals surface area (Å²) in [5.74, 6) is -3.19. The van der Waals surface area contributed by atoms with Crippen molar-refractivity contribution in [3.05, 3.63) is 87.2 Å². The average molecular weight is 439 g/mol. The van der Waals surface area contributed by atoms with Crippen LogP contribution in [0, 0.1) is 11.6 Å². The number of aromatic carboxylic acids is 1. The minimum absolute atomic E-state index is 0.0658. The molecule has 0 saturated heterocycles. The van der Waals surface area contributed by atoms with Crippen LogP contribution in [0.2, 0.25) is 0 Å². The van der Waals surface area contributed by atoms with Crippen molar-refractivity contribution in [3.63, 3.8) is 0 Å². The van der Waals surface area contributed by atoms with Gasteiger partial charge in [-0.25, -0.2) is 19.0 Å². The molecule has 4 rings (SSSR count). The summed E-state index contributed by atoms with van der Waals surface area (Å²) in [7, 11) is 0. The highest BCUT2D eigenvalue weighted by molar-refractivity contribution is 7.10. The fraction of sp³-hybridized carbons (Fsp3) is 0.0455. The molecule has 156 valence electrons. The van der Waals surface area contributed by atoms with Crippen molar-refractivity contribution in [2.75, 3.05) is 5.43 Å². The zero-order valence-corrected chi connectivity index (χ0v) is 16.7. The van der Waals surface area contributed by atoms with E-state index in [4.69, 9.17) is 0 Å². The van der Waals surface area contributed by atoms with Crippen LogP contribution in [0.5, 0.6) is 0 Å². The maximum Gasteiger partial charge on any atom is 0.338 e. The Balaban J connectivity index is 1.75. The molecule has 0 fully saturated rings. The second-order valence-electron chi connectivity index (χ2n) is 6.60. The van der Waals surface area contributed by atoms with Gasteiger partial charge in [-0.2, -0.15) is 9.89 Å². The first-order chi connectivity index (χ1) is 14.9. The van der Waals surface area contributed by atoms with Crippen molar-refractivity contribution in [2.45, 2.75) is 6.42 Å². The van der Waals surface area contributed by atoms with Gasteiger partial charge in [-0.3, -0.25) is 4.79 Å². The number of rotatable bonds is 6. The molecule has 0 aliphatic carbocycles. The molecule has 9 heteroatoms. The van der Waals surface area contributed by atoms with Crippen LogP contribution in [0.4, 0.5) is 8.78 Å². The van der Waals surface area contributed by atoms with Gasteiger partial charge in [0.15, 0.2) is 0 Å². The Bertz CT molecular complexity index is 1310. The molecule has 0 spiro atoms. The molecule has 2 aromatic heterocycles. The molecule has 31 heavy (non-hydrogen) atoms. The van der Waals surface area contributed by atoms with Crippen molar-refractivity contribution in [3.8, 4) is 0 Å². The number of amides is 1. The van der Waals surface area contributed by atoms with Crippen molar-refractivity contribution in [1.29, 1.82) is 0 Å². The Kier molecular flexibility index (Phi) is 5.59. The minimum Gasteiger partial charge on any atom is -0.478 e. The van der Waals surface area contributed by atoms with Gasteiger partial charge in [0.25, 0.3) is 0 Å². The number of carbonyl (C=O) groups is 2. The van der Waals surface area contributed by atoms with Crippen LogP contribution in [-0.4, -0.2) is 26.9 Å². The molecule has 0 unspecified atom stereocenters. The minimum atomic E-state index is -1.42. The first-order valence-electron chi connectivity index (χ1n) is 9.13. The monoisotopic (exact) mass is 439 g/mol. The number of nitrogens with one attached hydrogen (secondary N) is 1. The number of nitrogens with zero attached hydrogens (tertiary/aromatic N) is 2. The molecule has 0 aliphatic heterocycles. The summed E-state index contributed by atoms with van der Waals surface area (Å²) < 4.78 is 28.4. The third kappa shape index (κ3) is 4.36. The molecular formula is C22H15F2N3O3S. The SMILES string of the molecule is O=C(Cc1cccs1)Nn1nc(C=Cc2cccc(F)c2)c2c(F)c(C(=O)O)ccc21. The Morgan fingerprint density at radius 2 is 1.97 bits per heavy atom. The topological polar surface area (TPSA) is 84.2 Å². The lowest BCUT2D eigenvalue weighted by atomic mass is 10.1. The van der Waals surface area contributed by atoms with E-state index >= 15 is 0 Å². The van der Waals surface area contributed by atoms with Crippen molar-refractivity contribution in [2.24, 2.45) is 0 Å². The lowest BCUT2D eigenvalue weighted by Crippen LogP contribution is -2.25. The number of thiophene rings is 1. The summed E-state index contributed by atoms with van der Waals surface area (Å²) in [6.07, 6.45) is 3.08. The number of carboxylic acid groups (broad SMARTS) is 1. The van der Waals surface area contributed by atoms with Gasteiger partial charge in [0.2, 0.25) is 5.91 Å². The maximum atomic E-state index is 15.0. The lowest BCUT2D eigenvalue weighted by Gasteiger charge is -2.06. The number of carbonyl (C=O) groups excluding carboxylic acids is 1. The number of aromatic nitrogens is 2. The van der Waals surface area contributed by atoms with Crippen LogP contribution >= 0.6 is 11.3 Å². The summed E-state index contributed by atoms with van der Waals surface area (Å²) in [5, 5.41) is 15.3. The Morgan fingerprint density at radius 1 is 1.13 bits per heavy atom. The third-order valence-electron chi connectivity index (χ3n) is 4.47. The van der Waals surface area contributed by atoms with Crippen LogP contribution in [0.1, 0.15) is 26.5 Å². The van der Waals surface area contributed by atoms with Crippen LogP contribution < -0.4 is 5.43 Å². The number of hydrogen-bond acceptors (Lipinski definition) is 4. The van der Waals surface area contributed by atoms with Crippen LogP contribution in [0.15, 0.2) is 53.9 Å². The van der Waals surface area contributed by atoms with Gasteiger partial charge in [-0.1, -0.05) is 24.3 Å². The van der Waals surface area contributed by atoms with E-state index in [9.17, 15) is 23.5 Å². The molecule has 4 aromatic rings. The van der Waals surface area contributed by atoms with E-state index in [0.29, 0.717) is 5.56 Å². The predicted octanol–water partition coefficient (Wildman–Crippen LogP) is 4.56. The van der Waals surface area contributed by atoms with Crippen molar-refractivity contribution in [1.82, 2.24) is 9.89 Å². The summed E-state index contributed by atoms with van der Waals surface area (Å²) >= 11 is 1.43. The van der Waals surface area contributed by atoms with Gasteiger partial charge < -0.3 is 5.11 Å². The highest BCUT2D eigenvalue weighted by atomic mass is 32.1. The van der Waals surface area contributed by atoms with E-state index in [-0.39, 0.29) is 28.9 Å². The molecule has 1 amide bonds. The molecule has 6 nitrogen and oxygen atoms in total. The molecule has 2 heterocycles. The number of halogens is 2. The van der Waals surface area contributed by atoms with Gasteiger partial charge >= 0.3 is 5.97 Å². The average Bonchev–Trinajstić information content (AvgIpc) is 3.35. The fourth-order valence-electron chi connectivity index (χ4n) is 3.08. The summed E-state index contributed by atoms with van der Waals surface area (Å²) in [6, 6.07) is 11.9. The molecule has 2 N–H and O–H groups in total. The molecule has 0 aliphatic rings. The molecule has 0 saturated carbocycles. The van der Waals surface area contributed by atoms with E-state index in [1.165, 1.54) is 47.8 Å². The normalized spacial score (nSPS) is 11.3. The van der Waals surface area contributed by atoms with E-state index in [2.05, 4.69) is 10.5 Å². The second kappa shape index (κ2) is 8.49. The number of benzene rings is 2. The molecule has 0 radical (unpaired) electrons. The van der Waals surface area contributed by atoms with E-state index in [1.807, 2.05) is 17.5 Å². The smallest absolute Gasteiger partial charge is 0.338 e. The first-order valence-corrected chi connectivity index (χ1v) is 10.0. The second-order valence-corrected chi connectivity index (χ2v) is 7.64. The van der Waals surface area contributed by atoms with Gasteiger partial charge in [0, 0.05) is 4.88 Å². The summed E-state index contributed by atoms with van der Waals surface area (Å²) in [6.45, 7) is 0. The zero-order chi connectivity index (χ0) is 22.0. The molecule has 2 aromatic carbocycles. The fourth-order valence-corrected chi connectivity index (χ4v) is 3.78. The number of carboxylic acids is 1. The van der Waals surface area contributed by atoms with Crippen LogP contribution in [0.3, 0.4) is 0 Å². The van der Waals surface area contributed by atoms with E-state index in [1.54, 1.807) is 6.07 Å². The summed E-state index contributed by atoms with van der Waals surface area (Å²) in [4.78, 5) is 25.7. The van der Waals surface area contributed by atoms with E-state index < -0.39 is 23.2 Å². The number of fused-ring (bicyclic) bond motifs is 1. The van der Waals surface area contributed by atoms with Gasteiger partial charge in [-0.15, -0.1) is 11.3 Å². The Hall–Kier alpha value is -3.85. The quantitative estimate of drug-likeness (QED) is 0.461. The Labute approximate surface area is 179 Å². The molecule has 0 bridgehead atoms. The standard InChI is InChI=1S/C22H15F2N3O3S/c23-14-4-1-3-13(11-14)6-8-17-20-18(9-7-16(21(20)24)22(29)30)27(25-17)26-19(28)12-15-5-2-10-31-15/h1-11H,12H2,(H,26,28)(H,29,30). The zero-order valence-electron chi connectivity index (χ0n) is 15.9. The Morgan fingerprint density at radius 3 is 2.68 bits per heavy atom. The molecule has 0 atom stereocenters. The first kappa shape index (κ1) is 20.4.